The molecule has 0 aromatic rings. The maximum absolute atomic E-state index is 4.86. The molecule has 1 aliphatic heterocycles. The van der Waals surface area contributed by atoms with Crippen LogP contribution in [0.2, 0.25) is 0 Å². The predicted molar refractivity (Wildman–Crippen MR) is 103 cm³/mol. The van der Waals surface area contributed by atoms with Crippen LogP contribution < -0.4 is 16.0 Å². The Labute approximate surface area is 147 Å². The van der Waals surface area contributed by atoms with Crippen molar-refractivity contribution in [2.45, 2.75) is 82.0 Å². The maximum Gasteiger partial charge on any atom is 0.0648 e. The highest BCUT2D eigenvalue weighted by Crippen LogP contribution is 2.22. The molecule has 0 bridgehead atoms. The minimum Gasteiger partial charge on any atom is -0.314 e. The van der Waals surface area contributed by atoms with Gasteiger partial charge in [0.05, 0.1) is 12.1 Å². The van der Waals surface area contributed by atoms with Crippen molar-refractivity contribution in [2.75, 3.05) is 26.2 Å². The SMILES string of the molecule is C1=N[C@@H]2CCCC[C@H]2NCCNCCN[C@@H]2CCCC[C@H]2N=CC1. The second-order valence-corrected chi connectivity index (χ2v) is 7.47. The molecule has 0 radical (unpaired) electrons. The first-order valence-corrected chi connectivity index (χ1v) is 10.1. The fraction of sp³-hybridized carbons (Fsp3) is 0.895. The summed E-state index contributed by atoms with van der Waals surface area (Å²) in [5.74, 6) is 0. The van der Waals surface area contributed by atoms with E-state index in [0.29, 0.717) is 24.2 Å². The second-order valence-electron chi connectivity index (χ2n) is 7.47. The molecule has 1 heterocycles. The topological polar surface area (TPSA) is 60.8 Å². The van der Waals surface area contributed by atoms with Gasteiger partial charge < -0.3 is 16.0 Å². The van der Waals surface area contributed by atoms with Gasteiger partial charge in [0.1, 0.15) is 0 Å². The first-order chi connectivity index (χ1) is 11.9. The Morgan fingerprint density at radius 3 is 1.67 bits per heavy atom. The minimum atomic E-state index is 0.462. The number of nitrogens with one attached hydrogen (secondary N) is 3. The van der Waals surface area contributed by atoms with E-state index in [1.54, 1.807) is 0 Å². The van der Waals surface area contributed by atoms with E-state index in [4.69, 9.17) is 9.98 Å². The van der Waals surface area contributed by atoms with E-state index in [9.17, 15) is 0 Å². The Kier molecular flexibility index (Phi) is 7.71. The molecule has 0 aromatic carbocycles. The van der Waals surface area contributed by atoms with Crippen molar-refractivity contribution in [2.24, 2.45) is 9.98 Å². The lowest BCUT2D eigenvalue weighted by atomic mass is 9.90. The van der Waals surface area contributed by atoms with Gasteiger partial charge in [-0.15, -0.1) is 0 Å². The van der Waals surface area contributed by atoms with Gasteiger partial charge in [-0.1, -0.05) is 25.7 Å². The number of hydrogen-bond donors (Lipinski definition) is 3. The van der Waals surface area contributed by atoms with Crippen LogP contribution in [0.4, 0.5) is 0 Å². The van der Waals surface area contributed by atoms with Crippen LogP contribution in [0.5, 0.6) is 0 Å². The summed E-state index contributed by atoms with van der Waals surface area (Å²) in [4.78, 5) is 9.73. The molecule has 2 fully saturated rings. The summed E-state index contributed by atoms with van der Waals surface area (Å²) >= 11 is 0. The average molecular weight is 334 g/mol. The summed E-state index contributed by atoms with van der Waals surface area (Å²) in [5.41, 5.74) is 0. The lowest BCUT2D eigenvalue weighted by molar-refractivity contribution is 0.323. The van der Waals surface area contributed by atoms with E-state index in [-0.39, 0.29) is 0 Å². The third kappa shape index (κ3) is 5.64. The molecule has 0 amide bonds. The van der Waals surface area contributed by atoms with E-state index in [2.05, 4.69) is 28.4 Å². The highest BCUT2D eigenvalue weighted by Gasteiger charge is 2.24. The van der Waals surface area contributed by atoms with Gasteiger partial charge in [0.2, 0.25) is 0 Å². The molecular formula is C19H35N5. The molecule has 24 heavy (non-hydrogen) atoms. The van der Waals surface area contributed by atoms with Gasteiger partial charge in [0.15, 0.2) is 0 Å². The molecular weight excluding hydrogens is 298 g/mol. The van der Waals surface area contributed by atoms with Crippen molar-refractivity contribution in [1.29, 1.82) is 0 Å². The van der Waals surface area contributed by atoms with Gasteiger partial charge in [-0.3, -0.25) is 9.98 Å². The van der Waals surface area contributed by atoms with Gasteiger partial charge >= 0.3 is 0 Å². The summed E-state index contributed by atoms with van der Waals surface area (Å²) in [7, 11) is 0. The van der Waals surface area contributed by atoms with Gasteiger partial charge in [-0.05, 0) is 25.7 Å². The summed E-state index contributed by atoms with van der Waals surface area (Å²) in [6, 6.07) is 2.04. The Balaban J connectivity index is 1.59. The zero-order chi connectivity index (χ0) is 16.5. The zero-order valence-electron chi connectivity index (χ0n) is 15.1. The van der Waals surface area contributed by atoms with Gasteiger partial charge in [-0.25, -0.2) is 0 Å². The molecule has 0 aromatic heterocycles. The normalized spacial score (nSPS) is 36.7. The van der Waals surface area contributed by atoms with Gasteiger partial charge in [-0.2, -0.15) is 0 Å². The van der Waals surface area contributed by atoms with Crippen LogP contribution >= 0.6 is 0 Å². The van der Waals surface area contributed by atoms with E-state index >= 15 is 0 Å². The Hall–Kier alpha value is -0.780. The van der Waals surface area contributed by atoms with Crippen LogP contribution in [0.15, 0.2) is 9.98 Å². The highest BCUT2D eigenvalue weighted by molar-refractivity contribution is 5.79. The van der Waals surface area contributed by atoms with Crippen LogP contribution in [-0.4, -0.2) is 62.8 Å². The molecule has 5 nitrogen and oxygen atoms in total. The Morgan fingerprint density at radius 1 is 0.625 bits per heavy atom. The standard InChI is InChI=1S/C19H35N5/c1-3-8-18-16(6-1)21-10-5-11-22-17-7-2-4-9-19(17)24-15-13-20-12-14-23-18/h10-11,16-20,23-24H,1-9,12-15H2/t16-,17-,18-,19-/m1/s1. The third-order valence-corrected chi connectivity index (χ3v) is 5.68. The summed E-state index contributed by atoms with van der Waals surface area (Å²) in [6.07, 6.45) is 15.4. The lowest BCUT2D eigenvalue weighted by Gasteiger charge is -2.30. The minimum absolute atomic E-state index is 0.462. The quantitative estimate of drug-likeness (QED) is 0.635. The van der Waals surface area contributed by atoms with Crippen LogP contribution in [0.1, 0.15) is 57.8 Å². The van der Waals surface area contributed by atoms with Crippen molar-refractivity contribution in [1.82, 2.24) is 16.0 Å². The van der Waals surface area contributed by atoms with E-state index in [1.807, 2.05) is 0 Å². The summed E-state index contributed by atoms with van der Waals surface area (Å²) in [5, 5.41) is 11.0. The van der Waals surface area contributed by atoms with Crippen molar-refractivity contribution in [3.8, 4) is 0 Å². The number of hydrogen-bond acceptors (Lipinski definition) is 5. The average Bonchev–Trinajstić information content (AvgIpc) is 2.62. The molecule has 5 heteroatoms. The van der Waals surface area contributed by atoms with Crippen LogP contribution in [-0.2, 0) is 0 Å². The molecule has 3 N–H and O–H groups in total. The summed E-state index contributed by atoms with van der Waals surface area (Å²) in [6.45, 7) is 4.18. The molecule has 136 valence electrons. The molecule has 0 saturated heterocycles. The maximum atomic E-state index is 4.86. The van der Waals surface area contributed by atoms with E-state index in [1.165, 1.54) is 51.4 Å². The first-order valence-electron chi connectivity index (χ1n) is 10.1. The van der Waals surface area contributed by atoms with Crippen LogP contribution in [0.25, 0.3) is 0 Å². The van der Waals surface area contributed by atoms with Crippen molar-refractivity contribution in [3.63, 3.8) is 0 Å². The molecule has 0 unspecified atom stereocenters. The number of nitrogens with zero attached hydrogens (tertiary/aromatic N) is 2. The molecule has 2 aliphatic carbocycles. The Morgan fingerprint density at radius 2 is 1.12 bits per heavy atom. The summed E-state index contributed by atoms with van der Waals surface area (Å²) < 4.78 is 0. The van der Waals surface area contributed by atoms with Crippen molar-refractivity contribution < 1.29 is 0 Å². The van der Waals surface area contributed by atoms with Crippen LogP contribution in [0, 0.1) is 0 Å². The fourth-order valence-electron chi connectivity index (χ4n) is 4.31. The number of aliphatic imine (C=N–C) groups is 2. The first kappa shape index (κ1) is 18.0. The third-order valence-electron chi connectivity index (χ3n) is 5.68. The highest BCUT2D eigenvalue weighted by atomic mass is 15.0. The van der Waals surface area contributed by atoms with Crippen LogP contribution in [0.3, 0.4) is 0 Å². The van der Waals surface area contributed by atoms with Gasteiger partial charge in [0.25, 0.3) is 0 Å². The van der Waals surface area contributed by atoms with E-state index in [0.717, 1.165) is 32.6 Å². The zero-order valence-corrected chi connectivity index (χ0v) is 15.1. The molecule has 0 spiro atoms. The Bertz CT molecular complexity index is 373. The molecule has 4 atom stereocenters. The lowest BCUT2D eigenvalue weighted by Crippen LogP contribution is -2.46. The largest absolute Gasteiger partial charge is 0.314 e. The number of fused-ring (bicyclic) bond motifs is 2. The second kappa shape index (κ2) is 10.3. The molecule has 2 saturated carbocycles. The molecule has 3 aliphatic rings. The smallest absolute Gasteiger partial charge is 0.0648 e. The predicted octanol–water partition coefficient (Wildman–Crippen LogP) is 1.92. The number of rotatable bonds is 0. The van der Waals surface area contributed by atoms with Crippen molar-refractivity contribution in [3.05, 3.63) is 0 Å². The van der Waals surface area contributed by atoms with Crippen molar-refractivity contribution >= 4 is 12.4 Å². The van der Waals surface area contributed by atoms with E-state index < -0.39 is 0 Å². The fourth-order valence-corrected chi connectivity index (χ4v) is 4.31. The van der Waals surface area contributed by atoms with Gasteiger partial charge in [0, 0.05) is 57.1 Å². The monoisotopic (exact) mass is 333 g/mol. The molecule has 3 rings (SSSR count).